The van der Waals surface area contributed by atoms with Crippen molar-refractivity contribution in [2.45, 2.75) is 32.1 Å². The SMILES string of the molecule is Cn1cc(N)cc1C(=O)N1CCCCCCC1. The zero-order valence-electron chi connectivity index (χ0n) is 10.5. The molecule has 0 unspecified atom stereocenters. The van der Waals surface area contributed by atoms with Crippen molar-refractivity contribution in [1.29, 1.82) is 0 Å². The Morgan fingerprint density at radius 3 is 2.29 bits per heavy atom. The number of carbonyl (C=O) groups is 1. The molecule has 1 aromatic rings. The fraction of sp³-hybridized carbons (Fsp3) is 0.615. The number of amides is 1. The van der Waals surface area contributed by atoms with E-state index in [1.54, 1.807) is 12.3 Å². The second kappa shape index (κ2) is 5.25. The minimum atomic E-state index is 0.117. The highest BCUT2D eigenvalue weighted by Gasteiger charge is 2.19. The van der Waals surface area contributed by atoms with E-state index in [1.165, 1.54) is 19.3 Å². The highest BCUT2D eigenvalue weighted by atomic mass is 16.2. The van der Waals surface area contributed by atoms with E-state index < -0.39 is 0 Å². The number of aryl methyl sites for hydroxylation is 1. The molecule has 0 aromatic carbocycles. The van der Waals surface area contributed by atoms with Crippen LogP contribution in [0.4, 0.5) is 5.69 Å². The number of nitrogens with zero attached hydrogens (tertiary/aromatic N) is 2. The maximum absolute atomic E-state index is 12.3. The minimum absolute atomic E-state index is 0.117. The maximum Gasteiger partial charge on any atom is 0.270 e. The lowest BCUT2D eigenvalue weighted by atomic mass is 10.1. The van der Waals surface area contributed by atoms with E-state index in [1.807, 2.05) is 16.5 Å². The van der Waals surface area contributed by atoms with Crippen molar-refractivity contribution in [2.24, 2.45) is 7.05 Å². The molecule has 0 aliphatic carbocycles. The summed E-state index contributed by atoms with van der Waals surface area (Å²) >= 11 is 0. The van der Waals surface area contributed by atoms with Gasteiger partial charge in [0.1, 0.15) is 5.69 Å². The molecule has 1 aliphatic heterocycles. The van der Waals surface area contributed by atoms with E-state index in [9.17, 15) is 4.79 Å². The predicted octanol–water partition coefficient (Wildman–Crippen LogP) is 2.01. The number of hydrogen-bond acceptors (Lipinski definition) is 2. The molecule has 1 amide bonds. The van der Waals surface area contributed by atoms with Gasteiger partial charge in [-0.15, -0.1) is 0 Å². The molecule has 2 rings (SSSR count). The van der Waals surface area contributed by atoms with Gasteiger partial charge in [-0.05, 0) is 18.9 Å². The fourth-order valence-electron chi connectivity index (χ4n) is 2.42. The lowest BCUT2D eigenvalue weighted by Crippen LogP contribution is -2.34. The first-order valence-corrected chi connectivity index (χ1v) is 6.39. The normalized spacial score (nSPS) is 17.6. The number of carbonyl (C=O) groups excluding carboxylic acids is 1. The van der Waals surface area contributed by atoms with Gasteiger partial charge in [0.15, 0.2) is 0 Å². The molecule has 2 heterocycles. The van der Waals surface area contributed by atoms with Crippen molar-refractivity contribution in [2.75, 3.05) is 18.8 Å². The zero-order chi connectivity index (χ0) is 12.3. The lowest BCUT2D eigenvalue weighted by molar-refractivity contribution is 0.0733. The first kappa shape index (κ1) is 12.0. The molecular formula is C13H21N3O. The van der Waals surface area contributed by atoms with Gasteiger partial charge < -0.3 is 15.2 Å². The molecule has 0 radical (unpaired) electrons. The van der Waals surface area contributed by atoms with E-state index in [2.05, 4.69) is 0 Å². The van der Waals surface area contributed by atoms with Crippen LogP contribution in [0.15, 0.2) is 12.3 Å². The third kappa shape index (κ3) is 2.81. The number of likely N-dealkylation sites (tertiary alicyclic amines) is 1. The smallest absolute Gasteiger partial charge is 0.270 e. The van der Waals surface area contributed by atoms with Crippen LogP contribution in [0, 0.1) is 0 Å². The molecule has 0 saturated carbocycles. The van der Waals surface area contributed by atoms with Gasteiger partial charge in [-0.2, -0.15) is 0 Å². The van der Waals surface area contributed by atoms with Gasteiger partial charge in [0.05, 0.1) is 5.69 Å². The summed E-state index contributed by atoms with van der Waals surface area (Å²) in [7, 11) is 1.87. The lowest BCUT2D eigenvalue weighted by Gasteiger charge is -2.24. The van der Waals surface area contributed by atoms with Gasteiger partial charge in [0.2, 0.25) is 0 Å². The van der Waals surface area contributed by atoms with E-state index in [0.717, 1.165) is 25.9 Å². The molecular weight excluding hydrogens is 214 g/mol. The third-order valence-corrected chi connectivity index (χ3v) is 3.39. The molecule has 1 aromatic heterocycles. The summed E-state index contributed by atoms with van der Waals surface area (Å²) < 4.78 is 1.82. The summed E-state index contributed by atoms with van der Waals surface area (Å²) in [6.45, 7) is 1.76. The summed E-state index contributed by atoms with van der Waals surface area (Å²) in [4.78, 5) is 14.3. The van der Waals surface area contributed by atoms with E-state index >= 15 is 0 Å². The molecule has 17 heavy (non-hydrogen) atoms. The molecule has 0 atom stereocenters. The first-order chi connectivity index (χ1) is 8.18. The van der Waals surface area contributed by atoms with Crippen LogP contribution in [0.3, 0.4) is 0 Å². The van der Waals surface area contributed by atoms with Crippen molar-refractivity contribution in [3.63, 3.8) is 0 Å². The van der Waals surface area contributed by atoms with E-state index in [-0.39, 0.29) is 5.91 Å². The highest BCUT2D eigenvalue weighted by Crippen LogP contribution is 2.15. The Morgan fingerprint density at radius 2 is 1.76 bits per heavy atom. The Labute approximate surface area is 102 Å². The molecule has 1 saturated heterocycles. The standard InChI is InChI=1S/C13H21N3O/c1-15-10-11(14)9-12(15)13(17)16-7-5-3-2-4-6-8-16/h9-10H,2-8,14H2,1H3. The first-order valence-electron chi connectivity index (χ1n) is 6.39. The number of anilines is 1. The van der Waals surface area contributed by atoms with Crippen LogP contribution in [0.5, 0.6) is 0 Å². The predicted molar refractivity (Wildman–Crippen MR) is 68.8 cm³/mol. The molecule has 0 spiro atoms. The van der Waals surface area contributed by atoms with E-state index in [4.69, 9.17) is 5.73 Å². The summed E-state index contributed by atoms with van der Waals surface area (Å²) in [5.74, 6) is 0.117. The topological polar surface area (TPSA) is 51.3 Å². The summed E-state index contributed by atoms with van der Waals surface area (Å²) in [5, 5.41) is 0. The molecule has 4 heteroatoms. The molecule has 1 aliphatic rings. The average Bonchev–Trinajstić information content (AvgIpc) is 2.56. The molecule has 1 fully saturated rings. The van der Waals surface area contributed by atoms with Gasteiger partial charge in [0.25, 0.3) is 5.91 Å². The quantitative estimate of drug-likeness (QED) is 0.809. The van der Waals surface area contributed by atoms with Gasteiger partial charge in [-0.3, -0.25) is 4.79 Å². The fourth-order valence-corrected chi connectivity index (χ4v) is 2.42. The van der Waals surface area contributed by atoms with Crippen molar-refractivity contribution in [1.82, 2.24) is 9.47 Å². The Kier molecular flexibility index (Phi) is 3.71. The summed E-state index contributed by atoms with van der Waals surface area (Å²) in [6.07, 6.45) is 7.80. The monoisotopic (exact) mass is 235 g/mol. The number of hydrogen-bond donors (Lipinski definition) is 1. The van der Waals surface area contributed by atoms with E-state index in [0.29, 0.717) is 11.4 Å². The van der Waals surface area contributed by atoms with Crippen LogP contribution in [-0.4, -0.2) is 28.5 Å². The van der Waals surface area contributed by atoms with Crippen LogP contribution >= 0.6 is 0 Å². The summed E-state index contributed by atoms with van der Waals surface area (Å²) in [6, 6.07) is 1.76. The maximum atomic E-state index is 12.3. The highest BCUT2D eigenvalue weighted by molar-refractivity contribution is 5.93. The Morgan fingerprint density at radius 1 is 1.18 bits per heavy atom. The molecule has 0 bridgehead atoms. The minimum Gasteiger partial charge on any atom is -0.397 e. The van der Waals surface area contributed by atoms with Gasteiger partial charge >= 0.3 is 0 Å². The van der Waals surface area contributed by atoms with Gasteiger partial charge in [0, 0.05) is 26.3 Å². The van der Waals surface area contributed by atoms with Crippen molar-refractivity contribution in [3.8, 4) is 0 Å². The van der Waals surface area contributed by atoms with Crippen molar-refractivity contribution < 1.29 is 4.79 Å². The third-order valence-electron chi connectivity index (χ3n) is 3.39. The number of nitrogen functional groups attached to an aromatic ring is 1. The summed E-state index contributed by atoms with van der Waals surface area (Å²) in [5.41, 5.74) is 7.06. The van der Waals surface area contributed by atoms with Gasteiger partial charge in [-0.1, -0.05) is 19.3 Å². The molecule has 4 nitrogen and oxygen atoms in total. The average molecular weight is 235 g/mol. The van der Waals surface area contributed by atoms with Crippen LogP contribution in [-0.2, 0) is 7.05 Å². The van der Waals surface area contributed by atoms with Crippen LogP contribution in [0.25, 0.3) is 0 Å². The van der Waals surface area contributed by atoms with Crippen LogP contribution in [0.1, 0.15) is 42.6 Å². The van der Waals surface area contributed by atoms with Gasteiger partial charge in [-0.25, -0.2) is 0 Å². The Balaban J connectivity index is 2.09. The molecule has 2 N–H and O–H groups in total. The van der Waals surface area contributed by atoms with Crippen molar-refractivity contribution in [3.05, 3.63) is 18.0 Å². The number of aromatic nitrogens is 1. The van der Waals surface area contributed by atoms with Crippen LogP contribution < -0.4 is 5.73 Å². The zero-order valence-corrected chi connectivity index (χ0v) is 10.5. The largest absolute Gasteiger partial charge is 0.397 e. The van der Waals surface area contributed by atoms with Crippen LogP contribution in [0.2, 0.25) is 0 Å². The second-order valence-electron chi connectivity index (χ2n) is 4.83. The number of nitrogens with two attached hydrogens (primary N) is 1. The Hall–Kier alpha value is -1.45. The molecule has 94 valence electrons. The number of rotatable bonds is 1. The second-order valence-corrected chi connectivity index (χ2v) is 4.83. The Bertz CT molecular complexity index is 389. The van der Waals surface area contributed by atoms with Crippen molar-refractivity contribution >= 4 is 11.6 Å².